The Morgan fingerprint density at radius 2 is 1.27 bits per heavy atom. The first-order valence-corrected chi connectivity index (χ1v) is 20.1. The molecule has 0 aromatic carbocycles. The van der Waals surface area contributed by atoms with Gasteiger partial charge in [-0.05, 0) is 70.6 Å². The lowest BCUT2D eigenvalue weighted by molar-refractivity contribution is -0.870. The second kappa shape index (κ2) is 31.2. The van der Waals surface area contributed by atoms with E-state index in [1.807, 2.05) is 27.2 Å². The number of nitrogens with zero attached hydrogens (tertiary/aromatic N) is 1. The van der Waals surface area contributed by atoms with Crippen molar-refractivity contribution in [3.05, 3.63) is 60.8 Å². The van der Waals surface area contributed by atoms with Crippen molar-refractivity contribution in [2.24, 2.45) is 0 Å². The Morgan fingerprint density at radius 3 is 1.88 bits per heavy atom. The van der Waals surface area contributed by atoms with E-state index in [0.29, 0.717) is 17.4 Å². The first kappa shape index (κ1) is 46.2. The molecule has 3 unspecified atom stereocenters. The fraction of sp³-hybridized carbons (Fsp3) is 0.718. The van der Waals surface area contributed by atoms with Crippen molar-refractivity contribution >= 4 is 13.7 Å². The van der Waals surface area contributed by atoms with Crippen LogP contribution in [0.1, 0.15) is 129 Å². The Morgan fingerprint density at radius 1 is 0.729 bits per heavy atom. The van der Waals surface area contributed by atoms with Gasteiger partial charge in [0.1, 0.15) is 13.2 Å². The molecule has 0 heterocycles. The van der Waals surface area contributed by atoms with E-state index >= 15 is 0 Å². The summed E-state index contributed by atoms with van der Waals surface area (Å²) >= 11 is 0. The highest BCUT2D eigenvalue weighted by molar-refractivity contribution is 7.45. The maximum absolute atomic E-state index is 12.7. The zero-order chi connectivity index (χ0) is 35.8. The maximum Gasteiger partial charge on any atom is 0.268 e. The van der Waals surface area contributed by atoms with Gasteiger partial charge in [-0.25, -0.2) is 0 Å². The standard InChI is InChI=1S/C39H71N2O6P/c1-6-8-10-12-14-16-18-19-20-21-23-25-27-29-31-33-39(43)40-37(36-47-48(44,45)46-35-34-41(3,4)5)38(42)32-30-28-26-24-22-17-15-13-11-9-7-2/h11,13-14,16,19-20,22,24,30,32,37-38,42H,6-10,12,15,17-18,21,23,25-29,31,33-36H2,1-5H3,(H-,40,43,44,45)/b13-11+,16-14-,20-19-,24-22+,32-30+. The number of nitrogens with one attached hydrogen (secondary N) is 1. The first-order valence-electron chi connectivity index (χ1n) is 18.7. The molecule has 8 nitrogen and oxygen atoms in total. The smallest absolute Gasteiger partial charge is 0.268 e. The van der Waals surface area contributed by atoms with Crippen LogP contribution in [0.4, 0.5) is 0 Å². The number of carbonyl (C=O) groups excluding carboxylic acids is 1. The summed E-state index contributed by atoms with van der Waals surface area (Å²) in [4.78, 5) is 25.1. The van der Waals surface area contributed by atoms with Crippen molar-refractivity contribution < 1.29 is 32.9 Å². The summed E-state index contributed by atoms with van der Waals surface area (Å²) in [7, 11) is 1.21. The fourth-order valence-electron chi connectivity index (χ4n) is 4.63. The van der Waals surface area contributed by atoms with Gasteiger partial charge in [-0.3, -0.25) is 9.36 Å². The summed E-state index contributed by atoms with van der Waals surface area (Å²) in [6.07, 6.45) is 38.4. The molecule has 0 aromatic heterocycles. The van der Waals surface area contributed by atoms with E-state index in [2.05, 4.69) is 67.8 Å². The molecule has 0 spiro atoms. The normalized spacial score (nSPS) is 15.4. The lowest BCUT2D eigenvalue weighted by Gasteiger charge is -2.29. The third-order valence-electron chi connectivity index (χ3n) is 7.66. The number of phosphoric acid groups is 1. The summed E-state index contributed by atoms with van der Waals surface area (Å²) in [6.45, 7) is 4.46. The van der Waals surface area contributed by atoms with Gasteiger partial charge in [0.05, 0.1) is 39.9 Å². The second-order valence-corrected chi connectivity index (χ2v) is 15.0. The predicted molar refractivity (Wildman–Crippen MR) is 201 cm³/mol. The Kier molecular flexibility index (Phi) is 30.0. The van der Waals surface area contributed by atoms with E-state index < -0.39 is 26.6 Å². The van der Waals surface area contributed by atoms with E-state index in [1.165, 1.54) is 32.1 Å². The summed E-state index contributed by atoms with van der Waals surface area (Å²) in [5, 5.41) is 13.6. The number of phosphoric ester groups is 1. The lowest BCUT2D eigenvalue weighted by atomic mass is 10.1. The zero-order valence-corrected chi connectivity index (χ0v) is 32.1. The van der Waals surface area contributed by atoms with Crippen LogP contribution in [0, 0.1) is 0 Å². The number of hydrogen-bond donors (Lipinski definition) is 2. The molecule has 0 radical (unpaired) electrons. The number of aliphatic hydroxyl groups is 1. The summed E-state index contributed by atoms with van der Waals surface area (Å²) in [5.74, 6) is -0.232. The van der Waals surface area contributed by atoms with E-state index in [9.17, 15) is 19.4 Å². The number of rotatable bonds is 32. The Hall–Kier alpha value is -1.80. The number of aliphatic hydroxyl groups excluding tert-OH is 1. The van der Waals surface area contributed by atoms with Gasteiger partial charge < -0.3 is 28.8 Å². The Bertz CT molecular complexity index is 970. The molecule has 0 bridgehead atoms. The number of likely N-dealkylation sites (N-methyl/N-ethyl adjacent to an activating group) is 1. The highest BCUT2D eigenvalue weighted by Crippen LogP contribution is 2.38. The van der Waals surface area contributed by atoms with Gasteiger partial charge in [-0.1, -0.05) is 113 Å². The molecule has 0 aliphatic rings. The molecule has 9 heteroatoms. The van der Waals surface area contributed by atoms with Gasteiger partial charge in [0.15, 0.2) is 0 Å². The number of carbonyl (C=O) groups is 1. The third-order valence-corrected chi connectivity index (χ3v) is 8.62. The predicted octanol–water partition coefficient (Wildman–Crippen LogP) is 8.88. The van der Waals surface area contributed by atoms with Gasteiger partial charge in [0, 0.05) is 6.42 Å². The molecule has 0 aromatic rings. The van der Waals surface area contributed by atoms with Crippen molar-refractivity contribution in [3.8, 4) is 0 Å². The van der Waals surface area contributed by atoms with Crippen LogP contribution in [0.5, 0.6) is 0 Å². The average Bonchev–Trinajstić information content (AvgIpc) is 3.02. The summed E-state index contributed by atoms with van der Waals surface area (Å²) < 4.78 is 23.0. The molecule has 0 aliphatic heterocycles. The molecule has 0 saturated carbocycles. The van der Waals surface area contributed by atoms with Gasteiger partial charge in [-0.15, -0.1) is 0 Å². The molecule has 278 valence electrons. The lowest BCUT2D eigenvalue weighted by Crippen LogP contribution is -2.45. The largest absolute Gasteiger partial charge is 0.756 e. The molecule has 0 saturated heterocycles. The molecule has 3 atom stereocenters. The average molecular weight is 695 g/mol. The molecule has 2 N–H and O–H groups in total. The molecule has 0 aliphatic carbocycles. The molecule has 48 heavy (non-hydrogen) atoms. The number of amides is 1. The minimum atomic E-state index is -4.59. The minimum absolute atomic E-state index is 0.0148. The Balaban J connectivity index is 4.63. The van der Waals surface area contributed by atoms with Crippen molar-refractivity contribution in [2.45, 2.75) is 142 Å². The topological polar surface area (TPSA) is 108 Å². The van der Waals surface area contributed by atoms with E-state index in [-0.39, 0.29) is 12.5 Å². The maximum atomic E-state index is 12.7. The minimum Gasteiger partial charge on any atom is -0.756 e. The van der Waals surface area contributed by atoms with E-state index in [0.717, 1.165) is 77.0 Å². The number of allylic oxidation sites excluding steroid dienone is 9. The third kappa shape index (κ3) is 32.7. The summed E-state index contributed by atoms with van der Waals surface area (Å²) in [5.41, 5.74) is 0. The SMILES string of the molecule is CCC/C=C/CC/C=C/CC/C=C/C(O)C(COP(=O)([O-])OCC[N+](C)(C)C)NC(=O)CCCCCCC/C=C\C/C=C\CCCCC. The van der Waals surface area contributed by atoms with Crippen LogP contribution in [0.3, 0.4) is 0 Å². The highest BCUT2D eigenvalue weighted by atomic mass is 31.2. The monoisotopic (exact) mass is 695 g/mol. The summed E-state index contributed by atoms with van der Waals surface area (Å²) in [6, 6.07) is -0.915. The highest BCUT2D eigenvalue weighted by Gasteiger charge is 2.23. The van der Waals surface area contributed by atoms with Crippen LogP contribution in [-0.4, -0.2) is 68.5 Å². The van der Waals surface area contributed by atoms with E-state index in [4.69, 9.17) is 9.05 Å². The molecular weight excluding hydrogens is 623 g/mol. The Labute approximate surface area is 294 Å². The van der Waals surface area contributed by atoms with Gasteiger partial charge >= 0.3 is 0 Å². The van der Waals surface area contributed by atoms with E-state index in [1.54, 1.807) is 6.08 Å². The van der Waals surface area contributed by atoms with Crippen LogP contribution in [-0.2, 0) is 18.4 Å². The van der Waals surface area contributed by atoms with Gasteiger partial charge in [-0.2, -0.15) is 0 Å². The molecular formula is C39H71N2O6P. The zero-order valence-electron chi connectivity index (χ0n) is 31.2. The molecule has 0 rings (SSSR count). The van der Waals surface area contributed by atoms with Crippen molar-refractivity contribution in [2.75, 3.05) is 40.9 Å². The molecule has 0 fully saturated rings. The van der Waals surface area contributed by atoms with Crippen LogP contribution >= 0.6 is 7.82 Å². The van der Waals surface area contributed by atoms with Gasteiger partial charge in [0.2, 0.25) is 5.91 Å². The van der Waals surface area contributed by atoms with Crippen molar-refractivity contribution in [1.29, 1.82) is 0 Å². The van der Waals surface area contributed by atoms with Crippen LogP contribution in [0.15, 0.2) is 60.8 Å². The fourth-order valence-corrected chi connectivity index (χ4v) is 5.35. The van der Waals surface area contributed by atoms with Crippen molar-refractivity contribution in [1.82, 2.24) is 5.32 Å². The van der Waals surface area contributed by atoms with Crippen LogP contribution < -0.4 is 10.2 Å². The number of quaternary nitrogens is 1. The number of unbranched alkanes of at least 4 members (excludes halogenated alkanes) is 11. The quantitative estimate of drug-likeness (QED) is 0.0315. The molecule has 1 amide bonds. The number of hydrogen-bond acceptors (Lipinski definition) is 6. The van der Waals surface area contributed by atoms with Crippen LogP contribution in [0.25, 0.3) is 0 Å². The van der Waals surface area contributed by atoms with Gasteiger partial charge in [0.25, 0.3) is 7.82 Å². The van der Waals surface area contributed by atoms with Crippen LogP contribution in [0.2, 0.25) is 0 Å². The van der Waals surface area contributed by atoms with Crippen molar-refractivity contribution in [3.63, 3.8) is 0 Å². The first-order chi connectivity index (χ1) is 23.0. The second-order valence-electron chi connectivity index (χ2n) is 13.5.